The van der Waals surface area contributed by atoms with Gasteiger partial charge in [-0.1, -0.05) is 30.3 Å². The van der Waals surface area contributed by atoms with E-state index in [0.29, 0.717) is 6.61 Å². The lowest BCUT2D eigenvalue weighted by Crippen LogP contribution is -2.12. The Morgan fingerprint density at radius 2 is 2.05 bits per heavy atom. The van der Waals surface area contributed by atoms with Crippen LogP contribution in [0.3, 0.4) is 0 Å². The van der Waals surface area contributed by atoms with E-state index in [4.69, 9.17) is 4.74 Å². The Kier molecular flexibility index (Phi) is 3.52. The minimum Gasteiger partial charge on any atom is -0.489 e. The number of thiazole rings is 1. The highest BCUT2D eigenvalue weighted by Crippen LogP contribution is 2.37. The SMILES string of the molecule is c1ccc(COc2ccc3c(c2)CCN3c2nccs2)cc1. The first-order valence-corrected chi connectivity index (χ1v) is 8.25. The molecule has 1 aromatic heterocycles. The van der Waals surface area contributed by atoms with Crippen LogP contribution in [0.2, 0.25) is 0 Å². The summed E-state index contributed by atoms with van der Waals surface area (Å²) >= 11 is 1.68. The molecule has 0 bridgehead atoms. The van der Waals surface area contributed by atoms with E-state index in [1.54, 1.807) is 11.3 Å². The molecule has 0 fully saturated rings. The minimum atomic E-state index is 0.607. The van der Waals surface area contributed by atoms with Gasteiger partial charge in [-0.25, -0.2) is 4.98 Å². The van der Waals surface area contributed by atoms with E-state index < -0.39 is 0 Å². The number of benzene rings is 2. The highest BCUT2D eigenvalue weighted by molar-refractivity contribution is 7.13. The molecule has 3 nitrogen and oxygen atoms in total. The van der Waals surface area contributed by atoms with Crippen LogP contribution in [-0.4, -0.2) is 11.5 Å². The second-order valence-electron chi connectivity index (χ2n) is 5.28. The maximum absolute atomic E-state index is 5.91. The highest BCUT2D eigenvalue weighted by Gasteiger charge is 2.22. The van der Waals surface area contributed by atoms with Crippen LogP contribution in [-0.2, 0) is 13.0 Å². The van der Waals surface area contributed by atoms with Crippen LogP contribution >= 0.6 is 11.3 Å². The van der Waals surface area contributed by atoms with Gasteiger partial charge in [-0.2, -0.15) is 0 Å². The largest absolute Gasteiger partial charge is 0.489 e. The van der Waals surface area contributed by atoms with Gasteiger partial charge in [0.2, 0.25) is 0 Å². The van der Waals surface area contributed by atoms with Gasteiger partial charge in [-0.3, -0.25) is 0 Å². The Morgan fingerprint density at radius 1 is 1.14 bits per heavy atom. The fraction of sp³-hybridized carbons (Fsp3) is 0.167. The molecule has 1 aliphatic heterocycles. The van der Waals surface area contributed by atoms with Gasteiger partial charge in [0.25, 0.3) is 0 Å². The quantitative estimate of drug-likeness (QED) is 0.713. The van der Waals surface area contributed by atoms with Crippen molar-refractivity contribution in [3.05, 3.63) is 71.2 Å². The molecule has 0 saturated heterocycles. The molecule has 0 atom stereocenters. The molecule has 0 spiro atoms. The van der Waals surface area contributed by atoms with Gasteiger partial charge < -0.3 is 9.64 Å². The summed E-state index contributed by atoms with van der Waals surface area (Å²) in [5, 5.41) is 3.08. The monoisotopic (exact) mass is 308 g/mol. The summed E-state index contributed by atoms with van der Waals surface area (Å²) in [4.78, 5) is 6.69. The van der Waals surface area contributed by atoms with Crippen molar-refractivity contribution >= 4 is 22.2 Å². The van der Waals surface area contributed by atoms with Gasteiger partial charge >= 0.3 is 0 Å². The Balaban J connectivity index is 1.51. The number of fused-ring (bicyclic) bond motifs is 1. The summed E-state index contributed by atoms with van der Waals surface area (Å²) in [5.41, 5.74) is 3.77. The molecule has 4 heteroatoms. The number of anilines is 2. The fourth-order valence-electron chi connectivity index (χ4n) is 2.76. The zero-order valence-corrected chi connectivity index (χ0v) is 12.9. The molecule has 0 amide bonds. The van der Waals surface area contributed by atoms with E-state index in [1.807, 2.05) is 35.8 Å². The zero-order chi connectivity index (χ0) is 14.8. The van der Waals surface area contributed by atoms with Crippen LogP contribution in [0.5, 0.6) is 5.75 Å². The lowest BCUT2D eigenvalue weighted by atomic mass is 10.1. The molecular formula is C18H16N2OS. The topological polar surface area (TPSA) is 25.4 Å². The predicted octanol–water partition coefficient (Wildman–Crippen LogP) is 4.42. The normalized spacial score (nSPS) is 13.2. The molecule has 0 aliphatic carbocycles. The first-order chi connectivity index (χ1) is 10.9. The Labute approximate surface area is 133 Å². The second kappa shape index (κ2) is 5.81. The van der Waals surface area contributed by atoms with Gasteiger partial charge in [0.1, 0.15) is 12.4 Å². The molecule has 1 aliphatic rings. The number of hydrogen-bond acceptors (Lipinski definition) is 4. The molecule has 110 valence electrons. The van der Waals surface area contributed by atoms with E-state index in [9.17, 15) is 0 Å². The van der Waals surface area contributed by atoms with Gasteiger partial charge in [0, 0.05) is 23.8 Å². The Bertz CT molecular complexity index is 756. The molecule has 22 heavy (non-hydrogen) atoms. The smallest absolute Gasteiger partial charge is 0.189 e. The third-order valence-electron chi connectivity index (χ3n) is 3.85. The summed E-state index contributed by atoms with van der Waals surface area (Å²) < 4.78 is 5.91. The van der Waals surface area contributed by atoms with Gasteiger partial charge in [-0.05, 0) is 35.7 Å². The number of aromatic nitrogens is 1. The number of rotatable bonds is 4. The summed E-state index contributed by atoms with van der Waals surface area (Å²) in [6.07, 6.45) is 2.90. The third kappa shape index (κ3) is 2.57. The summed E-state index contributed by atoms with van der Waals surface area (Å²) in [7, 11) is 0. The number of hydrogen-bond donors (Lipinski definition) is 0. The maximum atomic E-state index is 5.91. The molecule has 0 saturated carbocycles. The third-order valence-corrected chi connectivity index (χ3v) is 4.64. The van der Waals surface area contributed by atoms with Gasteiger partial charge in [0.15, 0.2) is 5.13 Å². The van der Waals surface area contributed by atoms with Crippen LogP contribution in [0, 0.1) is 0 Å². The minimum absolute atomic E-state index is 0.607. The van der Waals surface area contributed by atoms with Crippen molar-refractivity contribution in [2.24, 2.45) is 0 Å². The number of ether oxygens (including phenoxy) is 1. The predicted molar refractivity (Wildman–Crippen MR) is 90.0 cm³/mol. The van der Waals surface area contributed by atoms with Crippen LogP contribution in [0.25, 0.3) is 0 Å². The molecular weight excluding hydrogens is 292 g/mol. The lowest BCUT2D eigenvalue weighted by molar-refractivity contribution is 0.306. The summed E-state index contributed by atoms with van der Waals surface area (Å²) in [6.45, 7) is 1.60. The van der Waals surface area contributed by atoms with Crippen molar-refractivity contribution in [3.63, 3.8) is 0 Å². The summed E-state index contributed by atoms with van der Waals surface area (Å²) in [5.74, 6) is 0.934. The lowest BCUT2D eigenvalue weighted by Gasteiger charge is -2.16. The van der Waals surface area contributed by atoms with Crippen molar-refractivity contribution < 1.29 is 4.74 Å². The first kappa shape index (κ1) is 13.3. The van der Waals surface area contributed by atoms with Gasteiger partial charge in [0.05, 0.1) is 0 Å². The summed E-state index contributed by atoms with van der Waals surface area (Å²) in [6, 6.07) is 16.6. The van der Waals surface area contributed by atoms with Crippen LogP contribution < -0.4 is 9.64 Å². The van der Waals surface area contributed by atoms with Crippen molar-refractivity contribution in [2.45, 2.75) is 13.0 Å². The van der Waals surface area contributed by atoms with E-state index in [0.717, 1.165) is 23.8 Å². The van der Waals surface area contributed by atoms with Crippen molar-refractivity contribution in [1.29, 1.82) is 0 Å². The number of nitrogens with zero attached hydrogens (tertiary/aromatic N) is 2. The first-order valence-electron chi connectivity index (χ1n) is 7.37. The fourth-order valence-corrected chi connectivity index (χ4v) is 3.44. The molecule has 2 aromatic carbocycles. The highest BCUT2D eigenvalue weighted by atomic mass is 32.1. The van der Waals surface area contributed by atoms with E-state index in [-0.39, 0.29) is 0 Å². The molecule has 0 N–H and O–H groups in total. The maximum Gasteiger partial charge on any atom is 0.189 e. The molecule has 2 heterocycles. The molecule has 0 radical (unpaired) electrons. The average Bonchev–Trinajstić information content (AvgIpc) is 3.22. The van der Waals surface area contributed by atoms with Crippen molar-refractivity contribution in [2.75, 3.05) is 11.4 Å². The molecule has 4 rings (SSSR count). The van der Waals surface area contributed by atoms with Crippen molar-refractivity contribution in [1.82, 2.24) is 4.98 Å². The van der Waals surface area contributed by atoms with E-state index in [1.165, 1.54) is 16.8 Å². The van der Waals surface area contributed by atoms with E-state index >= 15 is 0 Å². The van der Waals surface area contributed by atoms with Crippen LogP contribution in [0.1, 0.15) is 11.1 Å². The Hall–Kier alpha value is -2.33. The molecule has 0 unspecified atom stereocenters. The van der Waals surface area contributed by atoms with Crippen molar-refractivity contribution in [3.8, 4) is 5.75 Å². The van der Waals surface area contributed by atoms with Gasteiger partial charge in [-0.15, -0.1) is 11.3 Å². The van der Waals surface area contributed by atoms with Crippen LogP contribution in [0.15, 0.2) is 60.1 Å². The standard InChI is InChI=1S/C18H16N2OS/c1-2-4-14(5-3-1)13-21-16-6-7-17-15(12-16)8-10-20(17)18-19-9-11-22-18/h1-7,9,11-12H,8,10,13H2. The zero-order valence-electron chi connectivity index (χ0n) is 12.1. The van der Waals surface area contributed by atoms with E-state index in [2.05, 4.69) is 34.1 Å². The second-order valence-corrected chi connectivity index (χ2v) is 6.15. The van der Waals surface area contributed by atoms with Crippen LogP contribution in [0.4, 0.5) is 10.8 Å². The average molecular weight is 308 g/mol. The Morgan fingerprint density at radius 3 is 2.86 bits per heavy atom. The molecule has 3 aromatic rings.